The van der Waals surface area contributed by atoms with Crippen LogP contribution < -0.4 is 4.90 Å². The van der Waals surface area contributed by atoms with Crippen molar-refractivity contribution < 1.29 is 9.59 Å². The SMILES string of the molecule is Cc1ccc(C2=C(N3CCCC(C)C3)C(=O)N(c3cccc(Br)c3)C2=O)cc1. The molecule has 1 saturated heterocycles. The first-order valence-electron chi connectivity index (χ1n) is 9.66. The maximum atomic E-state index is 13.5. The highest BCUT2D eigenvalue weighted by Crippen LogP contribution is 2.37. The first-order valence-corrected chi connectivity index (χ1v) is 10.5. The molecule has 4 nitrogen and oxygen atoms in total. The molecule has 1 fully saturated rings. The molecule has 2 aromatic carbocycles. The first kappa shape index (κ1) is 18.9. The zero-order valence-electron chi connectivity index (χ0n) is 16.1. The molecule has 0 spiro atoms. The topological polar surface area (TPSA) is 40.6 Å². The Labute approximate surface area is 174 Å². The van der Waals surface area contributed by atoms with Gasteiger partial charge in [0.2, 0.25) is 0 Å². The molecule has 2 aliphatic heterocycles. The van der Waals surface area contributed by atoms with Crippen LogP contribution in [0.5, 0.6) is 0 Å². The molecule has 2 aliphatic rings. The van der Waals surface area contributed by atoms with Crippen molar-refractivity contribution in [2.45, 2.75) is 26.7 Å². The Balaban J connectivity index is 1.83. The van der Waals surface area contributed by atoms with Crippen molar-refractivity contribution in [3.05, 3.63) is 69.8 Å². The molecule has 0 aliphatic carbocycles. The van der Waals surface area contributed by atoms with Gasteiger partial charge in [-0.05, 0) is 49.4 Å². The molecule has 5 heteroatoms. The van der Waals surface area contributed by atoms with E-state index in [1.54, 1.807) is 6.07 Å². The van der Waals surface area contributed by atoms with E-state index in [0.29, 0.717) is 22.9 Å². The molecule has 2 aromatic rings. The van der Waals surface area contributed by atoms with Crippen LogP contribution in [0.25, 0.3) is 5.57 Å². The number of hydrogen-bond acceptors (Lipinski definition) is 3. The fourth-order valence-electron chi connectivity index (χ4n) is 4.03. The van der Waals surface area contributed by atoms with Crippen LogP contribution >= 0.6 is 15.9 Å². The number of nitrogens with zero attached hydrogens (tertiary/aromatic N) is 2. The third kappa shape index (κ3) is 3.39. The van der Waals surface area contributed by atoms with E-state index >= 15 is 0 Å². The first-order chi connectivity index (χ1) is 13.5. The number of carbonyl (C=O) groups is 2. The second kappa shape index (κ2) is 7.55. The zero-order valence-corrected chi connectivity index (χ0v) is 17.7. The largest absolute Gasteiger partial charge is 0.366 e. The third-order valence-electron chi connectivity index (χ3n) is 5.44. The second-order valence-corrected chi connectivity index (χ2v) is 8.62. The summed E-state index contributed by atoms with van der Waals surface area (Å²) in [5.74, 6) is 0.0243. The van der Waals surface area contributed by atoms with Crippen LogP contribution in [0.1, 0.15) is 30.9 Å². The predicted octanol–water partition coefficient (Wildman–Crippen LogP) is 4.77. The standard InChI is InChI=1S/C23H23BrN2O2/c1-15-8-10-17(11-9-15)20-21(25-12-4-5-16(2)14-25)23(28)26(22(20)27)19-7-3-6-18(24)13-19/h3,6-11,13,16H,4-5,12,14H2,1-2H3. The van der Waals surface area contributed by atoms with E-state index in [4.69, 9.17) is 0 Å². The number of benzene rings is 2. The molecule has 2 heterocycles. The maximum Gasteiger partial charge on any atom is 0.282 e. The van der Waals surface area contributed by atoms with Crippen LogP contribution in [-0.4, -0.2) is 29.8 Å². The van der Waals surface area contributed by atoms with Crippen LogP contribution in [0.2, 0.25) is 0 Å². The Morgan fingerprint density at radius 1 is 1.04 bits per heavy atom. The number of imide groups is 1. The highest BCUT2D eigenvalue weighted by Gasteiger charge is 2.43. The van der Waals surface area contributed by atoms with Crippen molar-refractivity contribution in [3.63, 3.8) is 0 Å². The molecule has 0 aromatic heterocycles. The van der Waals surface area contributed by atoms with Crippen LogP contribution in [-0.2, 0) is 9.59 Å². The normalized spacial score (nSPS) is 20.3. The molecule has 2 amide bonds. The molecular formula is C23H23BrN2O2. The van der Waals surface area contributed by atoms with Crippen LogP contribution in [0.4, 0.5) is 5.69 Å². The summed E-state index contributed by atoms with van der Waals surface area (Å²) >= 11 is 3.44. The molecule has 4 rings (SSSR count). The number of anilines is 1. The van der Waals surface area contributed by atoms with Crippen molar-refractivity contribution in [1.82, 2.24) is 4.90 Å². The molecule has 0 bridgehead atoms. The number of hydrogen-bond donors (Lipinski definition) is 0. The predicted molar refractivity (Wildman–Crippen MR) is 115 cm³/mol. The number of piperidine rings is 1. The molecule has 28 heavy (non-hydrogen) atoms. The fourth-order valence-corrected chi connectivity index (χ4v) is 4.42. The van der Waals surface area contributed by atoms with Crippen molar-refractivity contribution in [2.24, 2.45) is 5.92 Å². The summed E-state index contributed by atoms with van der Waals surface area (Å²) in [5.41, 5.74) is 3.57. The van der Waals surface area contributed by atoms with Crippen LogP contribution in [0, 0.1) is 12.8 Å². The van der Waals surface area contributed by atoms with Gasteiger partial charge in [0.15, 0.2) is 0 Å². The van der Waals surface area contributed by atoms with E-state index < -0.39 is 0 Å². The number of aryl methyl sites for hydroxylation is 1. The molecule has 0 radical (unpaired) electrons. The quantitative estimate of drug-likeness (QED) is 0.647. The van der Waals surface area contributed by atoms with Gasteiger partial charge in [0.05, 0.1) is 11.3 Å². The van der Waals surface area contributed by atoms with Gasteiger partial charge in [-0.3, -0.25) is 9.59 Å². The summed E-state index contributed by atoms with van der Waals surface area (Å²) in [4.78, 5) is 30.4. The van der Waals surface area contributed by atoms with Gasteiger partial charge in [0.1, 0.15) is 5.70 Å². The summed E-state index contributed by atoms with van der Waals surface area (Å²) in [6.07, 6.45) is 2.19. The van der Waals surface area contributed by atoms with Crippen molar-refractivity contribution in [2.75, 3.05) is 18.0 Å². The van der Waals surface area contributed by atoms with Gasteiger partial charge in [-0.1, -0.05) is 58.7 Å². The van der Waals surface area contributed by atoms with Gasteiger partial charge >= 0.3 is 0 Å². The Bertz CT molecular complexity index is 965. The minimum atomic E-state index is -0.250. The minimum absolute atomic E-state index is 0.229. The number of carbonyl (C=O) groups excluding carboxylic acids is 2. The van der Waals surface area contributed by atoms with Crippen molar-refractivity contribution in [1.29, 1.82) is 0 Å². The van der Waals surface area contributed by atoms with E-state index in [0.717, 1.165) is 41.5 Å². The van der Waals surface area contributed by atoms with Crippen molar-refractivity contribution >= 4 is 39.0 Å². The number of amides is 2. The Hall–Kier alpha value is -2.40. The lowest BCUT2D eigenvalue weighted by Gasteiger charge is -2.33. The number of likely N-dealkylation sites (tertiary alicyclic amines) is 1. The fraction of sp³-hybridized carbons (Fsp3) is 0.304. The zero-order chi connectivity index (χ0) is 19.8. The van der Waals surface area contributed by atoms with Crippen LogP contribution in [0.3, 0.4) is 0 Å². The number of rotatable bonds is 3. The van der Waals surface area contributed by atoms with Gasteiger partial charge in [0, 0.05) is 17.6 Å². The third-order valence-corrected chi connectivity index (χ3v) is 5.93. The highest BCUT2D eigenvalue weighted by molar-refractivity contribution is 9.10. The Morgan fingerprint density at radius 3 is 2.46 bits per heavy atom. The van der Waals surface area contributed by atoms with E-state index in [9.17, 15) is 9.59 Å². The number of halogens is 1. The highest BCUT2D eigenvalue weighted by atomic mass is 79.9. The van der Waals surface area contributed by atoms with Gasteiger partial charge < -0.3 is 4.90 Å². The van der Waals surface area contributed by atoms with E-state index in [-0.39, 0.29) is 11.8 Å². The summed E-state index contributed by atoms with van der Waals surface area (Å²) in [7, 11) is 0. The molecule has 0 N–H and O–H groups in total. The lowest BCUT2D eigenvalue weighted by molar-refractivity contribution is -0.120. The van der Waals surface area contributed by atoms with E-state index in [1.807, 2.05) is 49.4 Å². The lowest BCUT2D eigenvalue weighted by atomic mass is 9.97. The smallest absolute Gasteiger partial charge is 0.282 e. The van der Waals surface area contributed by atoms with Crippen molar-refractivity contribution in [3.8, 4) is 0 Å². The van der Waals surface area contributed by atoms with E-state index in [1.165, 1.54) is 4.90 Å². The summed E-state index contributed by atoms with van der Waals surface area (Å²) in [6, 6.07) is 15.2. The average molecular weight is 439 g/mol. The van der Waals surface area contributed by atoms with Gasteiger partial charge in [-0.25, -0.2) is 4.90 Å². The van der Waals surface area contributed by atoms with E-state index in [2.05, 4.69) is 27.8 Å². The molecule has 1 unspecified atom stereocenters. The summed E-state index contributed by atoms with van der Waals surface area (Å²) in [6.45, 7) is 5.82. The monoisotopic (exact) mass is 438 g/mol. The minimum Gasteiger partial charge on any atom is -0.366 e. The maximum absolute atomic E-state index is 13.5. The van der Waals surface area contributed by atoms with Gasteiger partial charge in [0.25, 0.3) is 11.8 Å². The average Bonchev–Trinajstić information content (AvgIpc) is 2.93. The van der Waals surface area contributed by atoms with Gasteiger partial charge in [-0.15, -0.1) is 0 Å². The summed E-state index contributed by atoms with van der Waals surface area (Å²) < 4.78 is 0.836. The van der Waals surface area contributed by atoms with Crippen LogP contribution in [0.15, 0.2) is 58.7 Å². The Kier molecular flexibility index (Phi) is 5.11. The summed E-state index contributed by atoms with van der Waals surface area (Å²) in [5, 5.41) is 0. The molecular weight excluding hydrogens is 416 g/mol. The second-order valence-electron chi connectivity index (χ2n) is 7.71. The molecule has 0 saturated carbocycles. The molecule has 144 valence electrons. The Morgan fingerprint density at radius 2 is 1.79 bits per heavy atom. The van der Waals surface area contributed by atoms with Gasteiger partial charge in [-0.2, -0.15) is 0 Å². The molecule has 1 atom stereocenters. The lowest BCUT2D eigenvalue weighted by Crippen LogP contribution is -2.39.